The van der Waals surface area contributed by atoms with Crippen molar-refractivity contribution in [3.63, 3.8) is 0 Å². The number of carbonyl (C=O) groups is 2. The van der Waals surface area contributed by atoms with Crippen molar-refractivity contribution in [2.45, 2.75) is 30.0 Å². The summed E-state index contributed by atoms with van der Waals surface area (Å²) in [6.07, 6.45) is 1.80. The first-order valence-corrected chi connectivity index (χ1v) is 15.6. The SMILES string of the molecule is Cc1cccn2c(C)c(C(O)=C3C(=O)C(=O)N(c4nnc(SCc5cccc6ccccc56)s4)C3c3ccccc3F)nc12. The molecular formula is C33H24FN5O3S2. The van der Waals surface area contributed by atoms with Gasteiger partial charge in [0.05, 0.1) is 11.3 Å². The lowest BCUT2D eigenvalue weighted by Crippen LogP contribution is -2.29. The predicted octanol–water partition coefficient (Wildman–Crippen LogP) is 7.01. The number of aryl methyl sites for hydroxylation is 2. The zero-order chi connectivity index (χ0) is 30.5. The molecule has 218 valence electrons. The Kier molecular flexibility index (Phi) is 6.98. The normalized spacial score (nSPS) is 16.4. The maximum Gasteiger partial charge on any atom is 0.301 e. The summed E-state index contributed by atoms with van der Waals surface area (Å²) in [4.78, 5) is 32.9. The number of halogens is 1. The second-order valence-electron chi connectivity index (χ2n) is 10.4. The minimum absolute atomic E-state index is 0.0472. The Morgan fingerprint density at radius 3 is 2.57 bits per heavy atom. The van der Waals surface area contributed by atoms with Gasteiger partial charge in [-0.05, 0) is 47.9 Å². The largest absolute Gasteiger partial charge is 0.505 e. The molecular weight excluding hydrogens is 598 g/mol. The highest BCUT2D eigenvalue weighted by molar-refractivity contribution is 8.00. The average Bonchev–Trinajstić information content (AvgIpc) is 3.71. The van der Waals surface area contributed by atoms with E-state index in [1.807, 2.05) is 37.3 Å². The number of anilines is 1. The molecule has 3 aromatic carbocycles. The van der Waals surface area contributed by atoms with E-state index in [1.165, 1.54) is 30.0 Å². The lowest BCUT2D eigenvalue weighted by molar-refractivity contribution is -0.132. The van der Waals surface area contributed by atoms with Gasteiger partial charge >= 0.3 is 5.91 Å². The van der Waals surface area contributed by atoms with E-state index in [1.54, 1.807) is 23.6 Å². The van der Waals surface area contributed by atoms with Crippen LogP contribution >= 0.6 is 23.1 Å². The average molecular weight is 622 g/mol. The fourth-order valence-corrected chi connectivity index (χ4v) is 7.48. The van der Waals surface area contributed by atoms with Crippen LogP contribution in [-0.2, 0) is 15.3 Å². The summed E-state index contributed by atoms with van der Waals surface area (Å²) in [5, 5.41) is 22.5. The zero-order valence-electron chi connectivity index (χ0n) is 23.6. The van der Waals surface area contributed by atoms with E-state index in [0.717, 1.165) is 38.1 Å². The molecule has 0 radical (unpaired) electrons. The number of nitrogens with zero attached hydrogens (tertiary/aromatic N) is 5. The van der Waals surface area contributed by atoms with Crippen molar-refractivity contribution in [1.29, 1.82) is 0 Å². The molecule has 1 N–H and O–H groups in total. The van der Waals surface area contributed by atoms with Crippen molar-refractivity contribution in [2.75, 3.05) is 4.90 Å². The molecule has 7 rings (SSSR count). The number of aromatic nitrogens is 4. The van der Waals surface area contributed by atoms with Gasteiger partial charge in [-0.2, -0.15) is 0 Å². The lowest BCUT2D eigenvalue weighted by atomic mass is 9.96. The molecule has 44 heavy (non-hydrogen) atoms. The molecule has 1 amide bonds. The maximum atomic E-state index is 15.4. The fraction of sp³-hybridized carbons (Fsp3) is 0.121. The molecule has 0 saturated carbocycles. The molecule has 0 spiro atoms. The minimum atomic E-state index is -1.27. The molecule has 0 aliphatic carbocycles. The summed E-state index contributed by atoms with van der Waals surface area (Å²) >= 11 is 2.58. The molecule has 8 nitrogen and oxygen atoms in total. The molecule has 1 fully saturated rings. The molecule has 1 unspecified atom stereocenters. The van der Waals surface area contributed by atoms with Gasteiger partial charge in [-0.3, -0.25) is 14.5 Å². The first kappa shape index (κ1) is 27.9. The third kappa shape index (κ3) is 4.56. The number of rotatable bonds is 6. The molecule has 6 aromatic rings. The third-order valence-electron chi connectivity index (χ3n) is 7.79. The van der Waals surface area contributed by atoms with Crippen LogP contribution in [0.15, 0.2) is 95.0 Å². The first-order valence-electron chi connectivity index (χ1n) is 13.8. The summed E-state index contributed by atoms with van der Waals surface area (Å²) in [5.74, 6) is -2.39. The predicted molar refractivity (Wildman–Crippen MR) is 169 cm³/mol. The molecule has 0 bridgehead atoms. The molecule has 3 aromatic heterocycles. The number of aliphatic hydroxyl groups is 1. The van der Waals surface area contributed by atoms with Gasteiger partial charge in [0.25, 0.3) is 5.78 Å². The second kappa shape index (κ2) is 11.0. The van der Waals surface area contributed by atoms with Crippen molar-refractivity contribution in [1.82, 2.24) is 19.6 Å². The number of hydrogen-bond acceptors (Lipinski definition) is 8. The van der Waals surface area contributed by atoms with Crippen LogP contribution in [0.2, 0.25) is 0 Å². The number of aliphatic hydroxyl groups excluding tert-OH is 1. The molecule has 4 heterocycles. The quantitative estimate of drug-likeness (QED) is 0.0702. The molecule has 11 heteroatoms. The number of hydrogen-bond donors (Lipinski definition) is 1. The Balaban J connectivity index is 1.30. The van der Waals surface area contributed by atoms with E-state index in [9.17, 15) is 14.7 Å². The topological polar surface area (TPSA) is 101 Å². The van der Waals surface area contributed by atoms with Crippen LogP contribution in [0.25, 0.3) is 22.2 Å². The van der Waals surface area contributed by atoms with Crippen LogP contribution in [0.4, 0.5) is 9.52 Å². The van der Waals surface area contributed by atoms with Gasteiger partial charge in [0.1, 0.15) is 23.2 Å². The van der Waals surface area contributed by atoms with Crippen molar-refractivity contribution < 1.29 is 19.1 Å². The lowest BCUT2D eigenvalue weighted by Gasteiger charge is -2.22. The number of benzene rings is 3. The van der Waals surface area contributed by atoms with Crippen LogP contribution in [0.5, 0.6) is 0 Å². The Hall–Kier alpha value is -4.87. The van der Waals surface area contributed by atoms with Crippen LogP contribution in [0, 0.1) is 19.7 Å². The monoisotopic (exact) mass is 621 g/mol. The van der Waals surface area contributed by atoms with Crippen LogP contribution in [0.1, 0.15) is 34.1 Å². The maximum absolute atomic E-state index is 15.4. The van der Waals surface area contributed by atoms with E-state index in [2.05, 4.69) is 39.4 Å². The summed E-state index contributed by atoms with van der Waals surface area (Å²) in [5.41, 5.74) is 3.08. The number of Topliss-reactive ketones (excluding diaryl/α,β-unsaturated/α-hetero) is 1. The van der Waals surface area contributed by atoms with Crippen molar-refractivity contribution in [3.05, 3.63) is 125 Å². The van der Waals surface area contributed by atoms with Gasteiger partial charge in [-0.25, -0.2) is 9.37 Å². The Bertz CT molecular complexity index is 2150. The Morgan fingerprint density at radius 2 is 1.75 bits per heavy atom. The summed E-state index contributed by atoms with van der Waals surface area (Å²) in [7, 11) is 0. The number of amides is 1. The molecule has 1 aliphatic rings. The summed E-state index contributed by atoms with van der Waals surface area (Å²) in [6, 6.07) is 22.6. The highest BCUT2D eigenvalue weighted by atomic mass is 32.2. The zero-order valence-corrected chi connectivity index (χ0v) is 25.2. The Morgan fingerprint density at radius 1 is 0.977 bits per heavy atom. The number of imidazole rings is 1. The van der Waals surface area contributed by atoms with Gasteiger partial charge in [0.2, 0.25) is 5.13 Å². The second-order valence-corrected chi connectivity index (χ2v) is 12.6. The van der Waals surface area contributed by atoms with E-state index in [-0.39, 0.29) is 22.0 Å². The van der Waals surface area contributed by atoms with Crippen LogP contribution < -0.4 is 4.90 Å². The standard InChI is InChI=1S/C33H24FN5O3S2/c1-18-9-8-16-38-19(2)26(35-30(18)38)28(40)25-27(23-14-5-6-15-24(23)34)39(31(42)29(25)41)32-36-37-33(44-32)43-17-21-12-7-11-20-10-3-4-13-22(20)21/h3-16,27,40H,17H2,1-2H3. The highest BCUT2D eigenvalue weighted by Gasteiger charge is 2.49. The number of pyridine rings is 1. The molecule has 1 atom stereocenters. The van der Waals surface area contributed by atoms with Crippen molar-refractivity contribution in [3.8, 4) is 0 Å². The highest BCUT2D eigenvalue weighted by Crippen LogP contribution is 2.45. The van der Waals surface area contributed by atoms with Gasteiger partial charge in [0, 0.05) is 17.5 Å². The summed E-state index contributed by atoms with van der Waals surface area (Å²) < 4.78 is 17.7. The number of fused-ring (bicyclic) bond motifs is 2. The number of thioether (sulfide) groups is 1. The van der Waals surface area contributed by atoms with Gasteiger partial charge in [-0.1, -0.05) is 89.8 Å². The van der Waals surface area contributed by atoms with E-state index < -0.39 is 29.3 Å². The van der Waals surface area contributed by atoms with E-state index >= 15 is 4.39 Å². The van der Waals surface area contributed by atoms with Crippen LogP contribution in [-0.4, -0.2) is 36.4 Å². The minimum Gasteiger partial charge on any atom is -0.505 e. The Labute approximate surface area is 259 Å². The number of ketones is 1. The van der Waals surface area contributed by atoms with E-state index in [0.29, 0.717) is 21.4 Å². The van der Waals surface area contributed by atoms with E-state index in [4.69, 9.17) is 0 Å². The first-order chi connectivity index (χ1) is 21.3. The van der Waals surface area contributed by atoms with Gasteiger partial charge in [0.15, 0.2) is 10.1 Å². The van der Waals surface area contributed by atoms with Crippen molar-refractivity contribution in [2.24, 2.45) is 0 Å². The van der Waals surface area contributed by atoms with Gasteiger partial charge < -0.3 is 9.51 Å². The third-order valence-corrected chi connectivity index (χ3v) is 9.89. The molecule has 1 saturated heterocycles. The smallest absolute Gasteiger partial charge is 0.301 e. The van der Waals surface area contributed by atoms with Crippen LogP contribution in [0.3, 0.4) is 0 Å². The number of carbonyl (C=O) groups excluding carboxylic acids is 2. The molecule has 1 aliphatic heterocycles. The fourth-order valence-electron chi connectivity index (χ4n) is 5.61. The van der Waals surface area contributed by atoms with Crippen molar-refractivity contribution >= 4 is 62.1 Å². The summed E-state index contributed by atoms with van der Waals surface area (Å²) in [6.45, 7) is 3.64. The van der Waals surface area contributed by atoms with Gasteiger partial charge in [-0.15, -0.1) is 10.2 Å².